The molecule has 1 aromatic carbocycles. The van der Waals surface area contributed by atoms with Gasteiger partial charge in [-0.2, -0.15) is 0 Å². The Morgan fingerprint density at radius 2 is 2.32 bits per heavy atom. The van der Waals surface area contributed by atoms with Crippen molar-refractivity contribution in [3.8, 4) is 5.75 Å². The van der Waals surface area contributed by atoms with E-state index in [2.05, 4.69) is 27.6 Å². The van der Waals surface area contributed by atoms with Crippen molar-refractivity contribution in [1.29, 1.82) is 0 Å². The molecule has 0 saturated carbocycles. The maximum atomic E-state index is 10.9. The smallest absolute Gasteiger partial charge is 0.158 e. The molecule has 0 aliphatic heterocycles. The van der Waals surface area contributed by atoms with E-state index in [0.29, 0.717) is 24.5 Å². The number of ketones is 1. The zero-order valence-electron chi connectivity index (χ0n) is 10.5. The summed E-state index contributed by atoms with van der Waals surface area (Å²) in [6, 6.07) is 5.64. The first-order valence-electron chi connectivity index (χ1n) is 5.94. The molecular formula is C14H13ClINO2. The molecule has 1 heterocycles. The van der Waals surface area contributed by atoms with Crippen LogP contribution >= 0.6 is 34.2 Å². The van der Waals surface area contributed by atoms with Crippen molar-refractivity contribution in [3.63, 3.8) is 0 Å². The molecule has 0 aliphatic rings. The van der Waals surface area contributed by atoms with E-state index in [1.165, 1.54) is 0 Å². The SMILES string of the molecule is CC(=O)CCCOc1c(I)cc(Cl)c2cccnc12. The van der Waals surface area contributed by atoms with Gasteiger partial charge in [-0.05, 0) is 54.1 Å². The summed E-state index contributed by atoms with van der Waals surface area (Å²) in [5, 5.41) is 1.55. The number of carbonyl (C=O) groups is 1. The Bertz CT molecular complexity index is 616. The minimum absolute atomic E-state index is 0.178. The molecule has 0 unspecified atom stereocenters. The van der Waals surface area contributed by atoms with E-state index in [-0.39, 0.29) is 5.78 Å². The molecule has 3 nitrogen and oxygen atoms in total. The molecule has 100 valence electrons. The monoisotopic (exact) mass is 389 g/mol. The highest BCUT2D eigenvalue weighted by Crippen LogP contribution is 2.34. The Hall–Kier alpha value is -0.880. The second-order valence-electron chi connectivity index (χ2n) is 4.22. The molecule has 19 heavy (non-hydrogen) atoms. The number of rotatable bonds is 5. The number of fused-ring (bicyclic) bond motifs is 1. The van der Waals surface area contributed by atoms with Crippen molar-refractivity contribution >= 4 is 50.9 Å². The van der Waals surface area contributed by atoms with Gasteiger partial charge in [-0.15, -0.1) is 0 Å². The summed E-state index contributed by atoms with van der Waals surface area (Å²) in [6.45, 7) is 2.09. The third-order valence-electron chi connectivity index (χ3n) is 2.67. The van der Waals surface area contributed by atoms with Crippen LogP contribution in [0.15, 0.2) is 24.4 Å². The normalized spacial score (nSPS) is 10.7. The lowest BCUT2D eigenvalue weighted by Gasteiger charge is -2.11. The molecule has 0 bridgehead atoms. The predicted molar refractivity (Wildman–Crippen MR) is 84.9 cm³/mol. The first-order chi connectivity index (χ1) is 9.09. The molecule has 2 rings (SSSR count). The van der Waals surface area contributed by atoms with Crippen LogP contribution in [0.25, 0.3) is 10.9 Å². The van der Waals surface area contributed by atoms with Gasteiger partial charge in [0, 0.05) is 18.0 Å². The fraction of sp³-hybridized carbons (Fsp3) is 0.286. The second kappa shape index (κ2) is 6.52. The predicted octanol–water partition coefficient (Wildman–Crippen LogP) is 4.24. The Balaban J connectivity index is 2.24. The fourth-order valence-corrected chi connectivity index (χ4v) is 2.95. The number of pyridine rings is 1. The van der Waals surface area contributed by atoms with Gasteiger partial charge in [0.25, 0.3) is 0 Å². The first-order valence-corrected chi connectivity index (χ1v) is 7.40. The Morgan fingerprint density at radius 1 is 1.53 bits per heavy atom. The van der Waals surface area contributed by atoms with Gasteiger partial charge < -0.3 is 9.53 Å². The summed E-state index contributed by atoms with van der Waals surface area (Å²) in [4.78, 5) is 15.2. The van der Waals surface area contributed by atoms with Gasteiger partial charge in [-0.1, -0.05) is 11.6 Å². The molecule has 0 atom stereocenters. The van der Waals surface area contributed by atoms with Crippen LogP contribution in [-0.2, 0) is 4.79 Å². The molecule has 2 aromatic rings. The molecule has 0 spiro atoms. The third-order valence-corrected chi connectivity index (χ3v) is 3.78. The van der Waals surface area contributed by atoms with Crippen molar-refractivity contribution in [1.82, 2.24) is 4.98 Å². The average Bonchev–Trinajstić information content (AvgIpc) is 2.37. The minimum atomic E-state index is 0.178. The lowest BCUT2D eigenvalue weighted by Crippen LogP contribution is -2.02. The van der Waals surface area contributed by atoms with Gasteiger partial charge in [0.1, 0.15) is 11.3 Å². The number of carbonyl (C=O) groups excluding carboxylic acids is 1. The van der Waals surface area contributed by atoms with Crippen LogP contribution in [0.1, 0.15) is 19.8 Å². The van der Waals surface area contributed by atoms with Crippen molar-refractivity contribution < 1.29 is 9.53 Å². The summed E-state index contributed by atoms with van der Waals surface area (Å²) in [7, 11) is 0. The lowest BCUT2D eigenvalue weighted by atomic mass is 10.2. The number of benzene rings is 1. The average molecular weight is 390 g/mol. The number of aromatic nitrogens is 1. The van der Waals surface area contributed by atoms with Gasteiger partial charge in [0.05, 0.1) is 15.2 Å². The van der Waals surface area contributed by atoms with E-state index in [1.54, 1.807) is 13.1 Å². The molecule has 0 N–H and O–H groups in total. The molecular weight excluding hydrogens is 377 g/mol. The number of halogens is 2. The minimum Gasteiger partial charge on any atom is -0.490 e. The fourth-order valence-electron chi connectivity index (χ4n) is 1.78. The van der Waals surface area contributed by atoms with Crippen LogP contribution in [0.3, 0.4) is 0 Å². The highest BCUT2D eigenvalue weighted by atomic mass is 127. The van der Waals surface area contributed by atoms with Gasteiger partial charge in [0.2, 0.25) is 0 Å². The van der Waals surface area contributed by atoms with Gasteiger partial charge >= 0.3 is 0 Å². The molecule has 5 heteroatoms. The van der Waals surface area contributed by atoms with Crippen LogP contribution in [0, 0.1) is 3.57 Å². The third kappa shape index (κ3) is 3.57. The van der Waals surface area contributed by atoms with Gasteiger partial charge in [-0.3, -0.25) is 4.98 Å². The second-order valence-corrected chi connectivity index (χ2v) is 5.79. The van der Waals surface area contributed by atoms with E-state index in [1.807, 2.05) is 18.2 Å². The van der Waals surface area contributed by atoms with E-state index in [4.69, 9.17) is 16.3 Å². The van der Waals surface area contributed by atoms with Crippen molar-refractivity contribution in [2.75, 3.05) is 6.61 Å². The summed E-state index contributed by atoms with van der Waals surface area (Å²) in [5.74, 6) is 0.918. The number of hydrogen-bond donors (Lipinski definition) is 0. The maximum Gasteiger partial charge on any atom is 0.158 e. The van der Waals surface area contributed by atoms with E-state index < -0.39 is 0 Å². The number of nitrogens with zero attached hydrogens (tertiary/aromatic N) is 1. The summed E-state index contributed by atoms with van der Waals surface area (Å²) in [5.41, 5.74) is 0.766. The topological polar surface area (TPSA) is 39.2 Å². The standard InChI is InChI=1S/C14H13ClINO2/c1-9(18)4-3-7-19-14-12(16)8-11(15)10-5-2-6-17-13(10)14/h2,5-6,8H,3-4,7H2,1H3. The summed E-state index contributed by atoms with van der Waals surface area (Å²) < 4.78 is 6.70. The van der Waals surface area contributed by atoms with Crippen LogP contribution in [-0.4, -0.2) is 17.4 Å². The van der Waals surface area contributed by atoms with Crippen molar-refractivity contribution in [2.24, 2.45) is 0 Å². The first kappa shape index (κ1) is 14.5. The molecule has 0 amide bonds. The van der Waals surface area contributed by atoms with Crippen LogP contribution in [0.4, 0.5) is 0 Å². The largest absolute Gasteiger partial charge is 0.490 e. The van der Waals surface area contributed by atoms with E-state index in [0.717, 1.165) is 20.2 Å². The molecule has 0 fully saturated rings. The molecule has 0 saturated heterocycles. The molecule has 1 aromatic heterocycles. The Morgan fingerprint density at radius 3 is 3.05 bits per heavy atom. The van der Waals surface area contributed by atoms with E-state index in [9.17, 15) is 4.79 Å². The Labute approximate surface area is 130 Å². The maximum absolute atomic E-state index is 10.9. The lowest BCUT2D eigenvalue weighted by molar-refractivity contribution is -0.117. The van der Waals surface area contributed by atoms with Crippen LogP contribution < -0.4 is 4.74 Å². The highest BCUT2D eigenvalue weighted by molar-refractivity contribution is 14.1. The number of ether oxygens (including phenoxy) is 1. The number of Topliss-reactive ketones (excluding diaryl/α,β-unsaturated/α-hetero) is 1. The van der Waals surface area contributed by atoms with Crippen molar-refractivity contribution in [2.45, 2.75) is 19.8 Å². The zero-order valence-corrected chi connectivity index (χ0v) is 13.4. The Kier molecular flexibility index (Phi) is 4.99. The van der Waals surface area contributed by atoms with Crippen molar-refractivity contribution in [3.05, 3.63) is 33.0 Å². The number of hydrogen-bond acceptors (Lipinski definition) is 3. The quantitative estimate of drug-likeness (QED) is 0.567. The molecule has 0 aliphatic carbocycles. The summed E-state index contributed by atoms with van der Waals surface area (Å²) >= 11 is 8.38. The molecule has 0 radical (unpaired) electrons. The van der Waals surface area contributed by atoms with Gasteiger partial charge in [0.15, 0.2) is 5.75 Å². The van der Waals surface area contributed by atoms with Gasteiger partial charge in [-0.25, -0.2) is 0 Å². The summed E-state index contributed by atoms with van der Waals surface area (Å²) in [6.07, 6.45) is 2.97. The van der Waals surface area contributed by atoms with Crippen LogP contribution in [0.2, 0.25) is 5.02 Å². The van der Waals surface area contributed by atoms with Crippen LogP contribution in [0.5, 0.6) is 5.75 Å². The van der Waals surface area contributed by atoms with E-state index >= 15 is 0 Å². The highest BCUT2D eigenvalue weighted by Gasteiger charge is 2.11. The zero-order chi connectivity index (χ0) is 13.8.